The molecule has 0 unspecified atom stereocenters. The normalized spacial score (nSPS) is 16.2. The Morgan fingerprint density at radius 1 is 0.471 bits per heavy atom. The molecule has 0 aliphatic carbocycles. The summed E-state index contributed by atoms with van der Waals surface area (Å²) in [6.07, 6.45) is 2.28. The number of thioether (sulfide) groups is 2. The van der Waals surface area contributed by atoms with Gasteiger partial charge in [-0.05, 0) is 105 Å². The fraction of sp³-hybridized carbons (Fsp3) is 0.889. The Kier molecular flexibility index (Phi) is 41.6. The second kappa shape index (κ2) is 38.5. The van der Waals surface area contributed by atoms with Gasteiger partial charge in [0.2, 0.25) is 11.8 Å². The fourth-order valence-electron chi connectivity index (χ4n) is 1.24. The summed E-state index contributed by atoms with van der Waals surface area (Å²) in [6.45, 7) is 50.5. The number of fused-ring (bicyclic) bond motifs is 1. The lowest BCUT2D eigenvalue weighted by molar-refractivity contribution is -0.185. The predicted octanol–water partition coefficient (Wildman–Crippen LogP) is 20.7. The van der Waals surface area contributed by atoms with Gasteiger partial charge in [-0.1, -0.05) is 136 Å². The predicted molar refractivity (Wildman–Crippen MR) is 289 cm³/mol. The summed E-state index contributed by atoms with van der Waals surface area (Å²) in [4.78, 5) is 0. The van der Waals surface area contributed by atoms with Crippen molar-refractivity contribution in [3.63, 3.8) is 0 Å². The molecule has 0 bridgehead atoms. The third-order valence-corrected chi connectivity index (χ3v) is 10.8. The van der Waals surface area contributed by atoms with Crippen LogP contribution in [0.15, 0.2) is 24.3 Å². The summed E-state index contributed by atoms with van der Waals surface area (Å²) >= 11 is 3.76. The average molecular weight is 1040 g/mol. The van der Waals surface area contributed by atoms with E-state index in [1.807, 2.05) is 103 Å². The van der Waals surface area contributed by atoms with Crippen molar-refractivity contribution in [2.75, 3.05) is 26.7 Å². The van der Waals surface area contributed by atoms with E-state index in [9.17, 15) is 35.1 Å². The lowest BCUT2D eigenvalue weighted by Gasteiger charge is -2.29. The van der Waals surface area contributed by atoms with E-state index in [-0.39, 0.29) is 37.3 Å². The summed E-state index contributed by atoms with van der Waals surface area (Å²) < 4.78 is 141. The van der Waals surface area contributed by atoms with Crippen LogP contribution in [-0.2, 0) is 9.47 Å². The SMILES string of the molecule is CC(F)(F)C(C)(F)F.CCC(C)(C)C.CCC(C)(C)C.COC(C)(C)C.COC(C)(C)C.CSC(C)(C)C.CSC(C)(C)C.C[C@@H]1Oc2ccccc2O[C@@H]1C.[2H]C([2H])(C)C(C)(F)F.[2H]C([2H])(C)C(C)(F)F. The monoisotopic (exact) mass is 1040 g/mol. The molecule has 0 saturated carbocycles. The second-order valence-electron chi connectivity index (χ2n) is 22.2. The number of rotatable bonds is 3. The molecule has 0 aromatic heterocycles. The molecule has 0 saturated heterocycles. The molecule has 1 heterocycles. The Labute approximate surface area is 431 Å². The molecular weight excluding hydrogens is 929 g/mol. The van der Waals surface area contributed by atoms with Gasteiger partial charge in [0.1, 0.15) is 12.2 Å². The van der Waals surface area contributed by atoms with Gasteiger partial charge in [0, 0.05) is 55.8 Å². The van der Waals surface area contributed by atoms with E-state index in [0.717, 1.165) is 25.3 Å². The summed E-state index contributed by atoms with van der Waals surface area (Å²) in [6, 6.07) is 7.76. The fourth-order valence-corrected chi connectivity index (χ4v) is 1.24. The van der Waals surface area contributed by atoms with Gasteiger partial charge in [-0.2, -0.15) is 23.5 Å². The zero-order valence-corrected chi connectivity index (χ0v) is 51.0. The standard InChI is InChI=1S/C10H12O2.2C6H14.2C5H12O.2C5H12S.C4H6F4.2C4H8F2/c1-7-8(2)12-10-6-4-3-5-9(10)11-7;2*1-5-6(2,3)4;4*1-5(2,3)6-4;1-3(5,6)4(2,7)8;2*1-3-4(2,5)6/h3-8H,1-2H3;2*5H2,1-4H3;4*1-4H3;1-2H3;2*3H2,1-2H3/t7-,8+;;;;;;;;;/i;;;;;;;;2*3D2. The van der Waals surface area contributed by atoms with Gasteiger partial charge in [-0.25, -0.2) is 35.1 Å². The molecular formula is C54H110F8O4S2. The van der Waals surface area contributed by atoms with Crippen molar-refractivity contribution >= 4 is 23.5 Å². The van der Waals surface area contributed by atoms with Crippen molar-refractivity contribution in [2.45, 2.75) is 276 Å². The lowest BCUT2D eigenvalue weighted by Crippen LogP contribution is -2.34. The molecule has 68 heavy (non-hydrogen) atoms. The van der Waals surface area contributed by atoms with Crippen LogP contribution in [0.4, 0.5) is 35.1 Å². The van der Waals surface area contributed by atoms with Crippen molar-refractivity contribution < 1.29 is 59.6 Å². The molecule has 1 aliphatic rings. The molecule has 1 aromatic carbocycles. The van der Waals surface area contributed by atoms with Crippen LogP contribution >= 0.6 is 23.5 Å². The first-order valence-electron chi connectivity index (χ1n) is 25.0. The molecule has 4 nitrogen and oxygen atoms in total. The zero-order valence-electron chi connectivity index (χ0n) is 53.4. The maximum absolute atomic E-state index is 11.9. The van der Waals surface area contributed by atoms with E-state index in [4.69, 9.17) is 24.4 Å². The van der Waals surface area contributed by atoms with Crippen molar-refractivity contribution in [2.24, 2.45) is 10.8 Å². The highest BCUT2D eigenvalue weighted by molar-refractivity contribution is 8.00. The minimum absolute atomic E-state index is 0.0417. The van der Waals surface area contributed by atoms with Crippen LogP contribution in [0, 0.1) is 10.8 Å². The van der Waals surface area contributed by atoms with E-state index < -0.39 is 36.4 Å². The van der Waals surface area contributed by atoms with Gasteiger partial charge in [0.25, 0.3) is 0 Å². The van der Waals surface area contributed by atoms with Crippen LogP contribution in [0.2, 0.25) is 0 Å². The van der Waals surface area contributed by atoms with E-state index in [2.05, 4.69) is 109 Å². The Hall–Kier alpha value is -1.12. The first-order valence-corrected chi connectivity index (χ1v) is 25.5. The van der Waals surface area contributed by atoms with E-state index in [1.165, 1.54) is 12.8 Å². The van der Waals surface area contributed by atoms with Crippen LogP contribution in [-0.4, -0.2) is 83.3 Å². The van der Waals surface area contributed by atoms with Crippen LogP contribution in [0.1, 0.15) is 225 Å². The molecule has 1 aromatic rings. The second-order valence-corrected chi connectivity index (χ2v) is 25.5. The van der Waals surface area contributed by atoms with Crippen molar-refractivity contribution in [3.8, 4) is 11.5 Å². The molecule has 0 fully saturated rings. The molecule has 1 aliphatic heterocycles. The zero-order chi connectivity index (χ0) is 60.8. The van der Waals surface area contributed by atoms with Crippen LogP contribution in [0.5, 0.6) is 11.5 Å². The molecule has 0 amide bonds. The van der Waals surface area contributed by atoms with Gasteiger partial charge in [-0.15, -0.1) is 0 Å². The quantitative estimate of drug-likeness (QED) is 0.281. The first-order chi connectivity index (χ1) is 30.9. The Morgan fingerprint density at radius 3 is 0.691 bits per heavy atom. The highest BCUT2D eigenvalue weighted by atomic mass is 32.2. The summed E-state index contributed by atoms with van der Waals surface area (Å²) in [7, 11) is 3.42. The number of halogens is 8. The smallest absolute Gasteiger partial charge is 0.307 e. The summed E-state index contributed by atoms with van der Waals surface area (Å²) in [5.74, 6) is -12.5. The molecule has 418 valence electrons. The number of ether oxygens (including phenoxy) is 4. The number of para-hydroxylation sites is 2. The first kappa shape index (κ1) is 73.4. The molecule has 0 spiro atoms. The number of hydrogen-bond donors (Lipinski definition) is 0. The highest BCUT2D eigenvalue weighted by Crippen LogP contribution is 2.33. The van der Waals surface area contributed by atoms with Crippen LogP contribution < -0.4 is 9.47 Å². The third kappa shape index (κ3) is 87.9. The van der Waals surface area contributed by atoms with E-state index in [0.29, 0.717) is 34.2 Å². The van der Waals surface area contributed by atoms with Gasteiger partial charge < -0.3 is 18.9 Å². The molecule has 14 heteroatoms. The number of hydrogen-bond acceptors (Lipinski definition) is 6. The maximum atomic E-state index is 11.9. The van der Waals surface area contributed by atoms with Crippen molar-refractivity contribution in [1.29, 1.82) is 0 Å². The highest BCUT2D eigenvalue weighted by Gasteiger charge is 2.47. The minimum atomic E-state index is -3.90. The third-order valence-electron chi connectivity index (χ3n) is 8.36. The van der Waals surface area contributed by atoms with Crippen LogP contribution in [0.3, 0.4) is 0 Å². The van der Waals surface area contributed by atoms with Gasteiger partial charge in [0.15, 0.2) is 11.5 Å². The van der Waals surface area contributed by atoms with Gasteiger partial charge in [0.05, 0.1) is 11.2 Å². The molecule has 0 radical (unpaired) electrons. The number of alkyl halides is 8. The van der Waals surface area contributed by atoms with Crippen molar-refractivity contribution in [3.05, 3.63) is 24.3 Å². The molecule has 2 rings (SSSR count). The minimum Gasteiger partial charge on any atom is -0.483 e. The number of benzene rings is 1. The largest absolute Gasteiger partial charge is 0.483 e. The summed E-state index contributed by atoms with van der Waals surface area (Å²) in [5.41, 5.74) is 1.17. The summed E-state index contributed by atoms with van der Waals surface area (Å²) in [5, 5.41) is 0. The van der Waals surface area contributed by atoms with Gasteiger partial charge >= 0.3 is 11.8 Å². The Balaban J connectivity index is -0.000000107. The van der Waals surface area contributed by atoms with Gasteiger partial charge in [-0.3, -0.25) is 0 Å². The molecule has 0 N–H and O–H groups in total. The molecule has 2 atom stereocenters. The maximum Gasteiger partial charge on any atom is 0.307 e. The number of methoxy groups -OCH3 is 2. The van der Waals surface area contributed by atoms with Crippen molar-refractivity contribution in [1.82, 2.24) is 0 Å². The van der Waals surface area contributed by atoms with Crippen LogP contribution in [0.25, 0.3) is 0 Å². The topological polar surface area (TPSA) is 36.9 Å². The van der Waals surface area contributed by atoms with E-state index in [1.54, 1.807) is 14.2 Å². The Morgan fingerprint density at radius 2 is 0.618 bits per heavy atom. The Bertz CT molecular complexity index is 1190. The average Bonchev–Trinajstić information content (AvgIpc) is 3.13. The lowest BCUT2D eigenvalue weighted by atomic mass is 9.94. The van der Waals surface area contributed by atoms with E-state index >= 15 is 0 Å².